The summed E-state index contributed by atoms with van der Waals surface area (Å²) in [6, 6.07) is 18.0. The Labute approximate surface area is 108 Å². The second-order valence-corrected chi connectivity index (χ2v) is 4.27. The van der Waals surface area contributed by atoms with Crippen LogP contribution in [0.15, 0.2) is 60.7 Å². The molecule has 0 unspecified atom stereocenters. The van der Waals surface area contributed by atoms with Crippen LogP contribution in [0, 0.1) is 0 Å². The molecule has 0 N–H and O–H groups in total. The molecule has 0 saturated heterocycles. The average Bonchev–Trinajstić information content (AvgIpc) is 2.40. The number of ketones is 1. The Kier molecular flexibility index (Phi) is 4.08. The van der Waals surface area contributed by atoms with Gasteiger partial charge in [-0.2, -0.15) is 0 Å². The molecule has 0 radical (unpaired) electrons. The summed E-state index contributed by atoms with van der Waals surface area (Å²) in [5, 5.41) is 0. The number of carbonyl (C=O) groups excluding carboxylic acids is 1. The predicted molar refractivity (Wildman–Crippen MR) is 75.6 cm³/mol. The fourth-order valence-corrected chi connectivity index (χ4v) is 1.77. The molecule has 2 rings (SSSR count). The minimum absolute atomic E-state index is 0.106. The number of benzene rings is 2. The van der Waals surface area contributed by atoms with Gasteiger partial charge in [0.25, 0.3) is 0 Å². The molecular formula is C17H16O. The van der Waals surface area contributed by atoms with E-state index < -0.39 is 0 Å². The van der Waals surface area contributed by atoms with Gasteiger partial charge in [0.2, 0.25) is 0 Å². The summed E-state index contributed by atoms with van der Waals surface area (Å²) in [5.74, 6) is 0.106. The van der Waals surface area contributed by atoms with Gasteiger partial charge in [-0.1, -0.05) is 66.7 Å². The lowest BCUT2D eigenvalue weighted by molar-refractivity contribution is 0.101. The van der Waals surface area contributed by atoms with Gasteiger partial charge in [0.05, 0.1) is 0 Å². The van der Waals surface area contributed by atoms with Gasteiger partial charge in [0.1, 0.15) is 0 Å². The molecule has 90 valence electrons. The number of hydrogen-bond donors (Lipinski definition) is 0. The summed E-state index contributed by atoms with van der Waals surface area (Å²) in [6.07, 6.45) is 5.14. The Morgan fingerprint density at radius 2 is 1.67 bits per heavy atom. The number of Topliss-reactive ketones (excluding diaryl/α,β-unsaturated/α-hetero) is 1. The standard InChI is InChI=1S/C17H16O/c1-14(18)17-12-10-16(11-13-17)9-5-8-15-6-3-2-4-7-15/h2-7,9-13H,8H2,1H3/b9-5+. The van der Waals surface area contributed by atoms with Crippen molar-refractivity contribution in [2.75, 3.05) is 0 Å². The summed E-state index contributed by atoms with van der Waals surface area (Å²) in [4.78, 5) is 11.1. The molecule has 0 heterocycles. The third kappa shape index (κ3) is 3.42. The van der Waals surface area contributed by atoms with Gasteiger partial charge >= 0.3 is 0 Å². The van der Waals surface area contributed by atoms with Crippen LogP contribution in [-0.4, -0.2) is 5.78 Å². The Hall–Kier alpha value is -2.15. The molecule has 0 aromatic heterocycles. The molecule has 0 saturated carbocycles. The van der Waals surface area contributed by atoms with E-state index >= 15 is 0 Å². The van der Waals surface area contributed by atoms with Gasteiger partial charge < -0.3 is 0 Å². The molecule has 0 amide bonds. The molecular weight excluding hydrogens is 220 g/mol. The SMILES string of the molecule is CC(=O)c1ccc(/C=C/Cc2ccccc2)cc1. The van der Waals surface area contributed by atoms with Crippen molar-refractivity contribution in [1.82, 2.24) is 0 Å². The van der Waals surface area contributed by atoms with Crippen LogP contribution >= 0.6 is 0 Å². The van der Waals surface area contributed by atoms with Gasteiger partial charge in [0.15, 0.2) is 5.78 Å². The molecule has 0 aliphatic heterocycles. The monoisotopic (exact) mass is 236 g/mol. The van der Waals surface area contributed by atoms with Crippen LogP contribution in [0.2, 0.25) is 0 Å². The lowest BCUT2D eigenvalue weighted by Crippen LogP contribution is -1.90. The second kappa shape index (κ2) is 5.97. The van der Waals surface area contributed by atoms with E-state index in [0.717, 1.165) is 17.5 Å². The quantitative estimate of drug-likeness (QED) is 0.729. The Bertz CT molecular complexity index is 536. The third-order valence-electron chi connectivity index (χ3n) is 2.82. The van der Waals surface area contributed by atoms with E-state index in [1.807, 2.05) is 42.5 Å². The van der Waals surface area contributed by atoms with Crippen LogP contribution < -0.4 is 0 Å². The normalized spacial score (nSPS) is 10.7. The molecule has 2 aromatic carbocycles. The zero-order valence-electron chi connectivity index (χ0n) is 10.5. The fraction of sp³-hybridized carbons (Fsp3) is 0.118. The smallest absolute Gasteiger partial charge is 0.159 e. The molecule has 0 aliphatic rings. The van der Waals surface area contributed by atoms with Crippen molar-refractivity contribution in [2.45, 2.75) is 13.3 Å². The van der Waals surface area contributed by atoms with Crippen molar-refractivity contribution < 1.29 is 4.79 Å². The highest BCUT2D eigenvalue weighted by Crippen LogP contribution is 2.08. The maximum Gasteiger partial charge on any atom is 0.159 e. The third-order valence-corrected chi connectivity index (χ3v) is 2.82. The Balaban J connectivity index is 1.99. The van der Waals surface area contributed by atoms with Crippen molar-refractivity contribution in [2.24, 2.45) is 0 Å². The minimum Gasteiger partial charge on any atom is -0.295 e. The summed E-state index contributed by atoms with van der Waals surface area (Å²) in [7, 11) is 0. The van der Waals surface area contributed by atoms with Crippen molar-refractivity contribution in [1.29, 1.82) is 0 Å². The van der Waals surface area contributed by atoms with E-state index in [-0.39, 0.29) is 5.78 Å². The second-order valence-electron chi connectivity index (χ2n) is 4.27. The van der Waals surface area contributed by atoms with E-state index in [4.69, 9.17) is 0 Å². The van der Waals surface area contributed by atoms with Crippen LogP contribution in [0.4, 0.5) is 0 Å². The molecule has 18 heavy (non-hydrogen) atoms. The molecule has 0 fully saturated rings. The van der Waals surface area contributed by atoms with Gasteiger partial charge in [-0.05, 0) is 24.5 Å². The first-order valence-corrected chi connectivity index (χ1v) is 6.07. The maximum absolute atomic E-state index is 11.1. The zero-order valence-corrected chi connectivity index (χ0v) is 10.5. The van der Waals surface area contributed by atoms with Gasteiger partial charge in [-0.3, -0.25) is 4.79 Å². The number of rotatable bonds is 4. The first kappa shape index (κ1) is 12.3. The summed E-state index contributed by atoms with van der Waals surface area (Å²) in [6.45, 7) is 1.58. The first-order chi connectivity index (χ1) is 8.75. The summed E-state index contributed by atoms with van der Waals surface area (Å²) < 4.78 is 0. The van der Waals surface area contributed by atoms with Gasteiger partial charge in [-0.15, -0.1) is 0 Å². The number of carbonyl (C=O) groups is 1. The van der Waals surface area contributed by atoms with E-state index in [9.17, 15) is 4.79 Å². The molecule has 1 heteroatoms. The molecule has 0 bridgehead atoms. The van der Waals surface area contributed by atoms with Crippen LogP contribution in [-0.2, 0) is 6.42 Å². The molecule has 1 nitrogen and oxygen atoms in total. The highest BCUT2D eigenvalue weighted by atomic mass is 16.1. The van der Waals surface area contributed by atoms with Crippen LogP contribution in [0.25, 0.3) is 6.08 Å². The lowest BCUT2D eigenvalue weighted by Gasteiger charge is -1.97. The highest BCUT2D eigenvalue weighted by molar-refractivity contribution is 5.94. The van der Waals surface area contributed by atoms with Crippen molar-refractivity contribution >= 4 is 11.9 Å². The zero-order chi connectivity index (χ0) is 12.8. The lowest BCUT2D eigenvalue weighted by atomic mass is 10.1. The van der Waals surface area contributed by atoms with E-state index in [1.165, 1.54) is 5.56 Å². The summed E-state index contributed by atoms with van der Waals surface area (Å²) in [5.41, 5.74) is 3.18. The predicted octanol–water partition coefficient (Wildman–Crippen LogP) is 4.15. The fourth-order valence-electron chi connectivity index (χ4n) is 1.77. The van der Waals surface area contributed by atoms with Gasteiger partial charge in [0, 0.05) is 5.56 Å². The van der Waals surface area contributed by atoms with E-state index in [2.05, 4.69) is 24.3 Å². The van der Waals surface area contributed by atoms with Crippen LogP contribution in [0.3, 0.4) is 0 Å². The highest BCUT2D eigenvalue weighted by Gasteiger charge is 1.96. The molecule has 2 aromatic rings. The van der Waals surface area contributed by atoms with Crippen molar-refractivity contribution in [3.8, 4) is 0 Å². The van der Waals surface area contributed by atoms with E-state index in [1.54, 1.807) is 6.92 Å². The topological polar surface area (TPSA) is 17.1 Å². The molecule has 0 spiro atoms. The molecule has 0 aliphatic carbocycles. The number of allylic oxidation sites excluding steroid dienone is 1. The van der Waals surface area contributed by atoms with Crippen LogP contribution in [0.1, 0.15) is 28.4 Å². The average molecular weight is 236 g/mol. The largest absolute Gasteiger partial charge is 0.295 e. The maximum atomic E-state index is 11.1. The minimum atomic E-state index is 0.106. The number of hydrogen-bond acceptors (Lipinski definition) is 1. The summed E-state index contributed by atoms with van der Waals surface area (Å²) >= 11 is 0. The van der Waals surface area contributed by atoms with Gasteiger partial charge in [-0.25, -0.2) is 0 Å². The Morgan fingerprint density at radius 1 is 1.00 bits per heavy atom. The van der Waals surface area contributed by atoms with Crippen molar-refractivity contribution in [3.05, 3.63) is 77.4 Å². The Morgan fingerprint density at radius 3 is 2.28 bits per heavy atom. The van der Waals surface area contributed by atoms with E-state index in [0.29, 0.717) is 0 Å². The van der Waals surface area contributed by atoms with Crippen LogP contribution in [0.5, 0.6) is 0 Å². The first-order valence-electron chi connectivity index (χ1n) is 6.07. The molecule has 0 atom stereocenters. The van der Waals surface area contributed by atoms with Crippen molar-refractivity contribution in [3.63, 3.8) is 0 Å².